The first-order valence-electron chi connectivity index (χ1n) is 7.71. The van der Waals surface area contributed by atoms with Gasteiger partial charge in [-0.25, -0.2) is 9.97 Å². The highest BCUT2D eigenvalue weighted by Gasteiger charge is 2.23. The van der Waals surface area contributed by atoms with Crippen LogP contribution in [0, 0.1) is 5.41 Å². The Labute approximate surface area is 133 Å². The molecular weight excluding hydrogens is 288 g/mol. The molecule has 0 aliphatic heterocycles. The Kier molecular flexibility index (Phi) is 3.22. The topological polar surface area (TPSA) is 92.1 Å². The van der Waals surface area contributed by atoms with Crippen molar-refractivity contribution in [3.8, 4) is 0 Å². The Bertz CT molecular complexity index is 878. The molecule has 116 valence electrons. The summed E-state index contributed by atoms with van der Waals surface area (Å²) in [5.41, 5.74) is 10.5. The van der Waals surface area contributed by atoms with Crippen LogP contribution in [0.3, 0.4) is 0 Å². The van der Waals surface area contributed by atoms with Crippen LogP contribution in [0.1, 0.15) is 35.6 Å². The van der Waals surface area contributed by atoms with E-state index in [9.17, 15) is 0 Å². The Balaban J connectivity index is 1.56. The van der Waals surface area contributed by atoms with Crippen molar-refractivity contribution in [2.75, 3.05) is 11.1 Å². The normalized spacial score (nSPS) is 14.1. The predicted octanol–water partition coefficient (Wildman–Crippen LogP) is 2.80. The van der Waals surface area contributed by atoms with E-state index in [2.05, 4.69) is 38.0 Å². The van der Waals surface area contributed by atoms with Gasteiger partial charge >= 0.3 is 0 Å². The number of pyridine rings is 2. The molecule has 1 saturated carbocycles. The summed E-state index contributed by atoms with van der Waals surface area (Å²) in [6, 6.07) is 6.07. The van der Waals surface area contributed by atoms with Gasteiger partial charge in [-0.2, -0.15) is 0 Å². The highest BCUT2D eigenvalue weighted by molar-refractivity contribution is 5.91. The molecule has 4 rings (SSSR count). The molecule has 4 N–H and O–H groups in total. The van der Waals surface area contributed by atoms with E-state index in [0.717, 1.165) is 22.9 Å². The summed E-state index contributed by atoms with van der Waals surface area (Å²) < 4.78 is 2.09. The molecule has 6 heteroatoms. The van der Waals surface area contributed by atoms with Crippen molar-refractivity contribution in [1.82, 2.24) is 14.4 Å². The second-order valence-corrected chi connectivity index (χ2v) is 5.89. The molecule has 3 heterocycles. The van der Waals surface area contributed by atoms with Crippen molar-refractivity contribution in [3.63, 3.8) is 0 Å². The van der Waals surface area contributed by atoms with Crippen LogP contribution in [0.15, 0.2) is 36.8 Å². The summed E-state index contributed by atoms with van der Waals surface area (Å²) in [5.74, 6) is 1.09. The fraction of sp³-hybridized carbons (Fsp3) is 0.235. The van der Waals surface area contributed by atoms with Gasteiger partial charge in [0.1, 0.15) is 11.5 Å². The van der Waals surface area contributed by atoms with E-state index in [1.807, 2.05) is 12.3 Å². The van der Waals surface area contributed by atoms with Crippen molar-refractivity contribution < 1.29 is 0 Å². The summed E-state index contributed by atoms with van der Waals surface area (Å²) >= 11 is 0. The number of anilines is 2. The minimum atomic E-state index is 0.356. The largest absolute Gasteiger partial charge is 0.383 e. The minimum absolute atomic E-state index is 0.356. The number of fused-ring (bicyclic) bond motifs is 1. The number of nitrogens with one attached hydrogen (secondary N) is 2. The molecule has 6 nitrogen and oxygen atoms in total. The average Bonchev–Trinajstić information content (AvgIpc) is 3.32. The molecule has 0 radical (unpaired) electrons. The average molecular weight is 306 g/mol. The van der Waals surface area contributed by atoms with Crippen LogP contribution >= 0.6 is 0 Å². The molecular formula is C17H18N6. The number of nitrogen functional groups attached to an aromatic ring is 1. The van der Waals surface area contributed by atoms with E-state index in [4.69, 9.17) is 11.1 Å². The maximum absolute atomic E-state index is 7.46. The molecule has 1 aliphatic carbocycles. The van der Waals surface area contributed by atoms with Gasteiger partial charge in [-0.15, -0.1) is 0 Å². The number of rotatable bonds is 5. The zero-order chi connectivity index (χ0) is 15.8. The third-order valence-electron chi connectivity index (χ3n) is 4.20. The number of hydrogen-bond donors (Lipinski definition) is 3. The van der Waals surface area contributed by atoms with Crippen LogP contribution in [0.5, 0.6) is 0 Å². The summed E-state index contributed by atoms with van der Waals surface area (Å²) in [6.07, 6.45) is 9.67. The van der Waals surface area contributed by atoms with Crippen LogP contribution in [-0.2, 0) is 6.54 Å². The molecule has 0 saturated heterocycles. The molecule has 3 aromatic rings. The molecule has 0 atom stereocenters. The second-order valence-electron chi connectivity index (χ2n) is 5.89. The lowest BCUT2D eigenvalue weighted by Gasteiger charge is -2.08. The van der Waals surface area contributed by atoms with Gasteiger partial charge in [0, 0.05) is 30.5 Å². The molecule has 0 amide bonds. The van der Waals surface area contributed by atoms with Crippen LogP contribution in [0.2, 0.25) is 0 Å². The zero-order valence-electron chi connectivity index (χ0n) is 12.7. The van der Waals surface area contributed by atoms with Gasteiger partial charge < -0.3 is 20.9 Å². The number of imidazole rings is 1. The zero-order valence-corrected chi connectivity index (χ0v) is 12.7. The molecule has 0 bridgehead atoms. The number of aromatic nitrogens is 3. The summed E-state index contributed by atoms with van der Waals surface area (Å²) in [4.78, 5) is 8.62. The smallest absolute Gasteiger partial charge is 0.137 e. The van der Waals surface area contributed by atoms with Gasteiger partial charge in [0.05, 0.1) is 17.8 Å². The standard InChI is InChI=1S/C17H18N6/c18-7-14-15(5-6-20-17(14)19)21-8-13-10-23-9-12(11-1-2-11)3-4-16(23)22-13/h3-7,9-11,18H,1-2,8H2,(H3,19,20,21). The third kappa shape index (κ3) is 2.63. The quantitative estimate of drug-likeness (QED) is 0.632. The van der Waals surface area contributed by atoms with Gasteiger partial charge in [-0.05, 0) is 36.5 Å². The van der Waals surface area contributed by atoms with Crippen LogP contribution in [-0.4, -0.2) is 20.6 Å². The second kappa shape index (κ2) is 5.39. The monoisotopic (exact) mass is 306 g/mol. The third-order valence-corrected chi connectivity index (χ3v) is 4.20. The lowest BCUT2D eigenvalue weighted by atomic mass is 10.2. The highest BCUT2D eigenvalue weighted by Crippen LogP contribution is 2.39. The van der Waals surface area contributed by atoms with E-state index in [1.165, 1.54) is 24.6 Å². The van der Waals surface area contributed by atoms with Gasteiger partial charge in [0.15, 0.2) is 0 Å². The number of nitrogens with two attached hydrogens (primary N) is 1. The Morgan fingerprint density at radius 2 is 2.17 bits per heavy atom. The first kappa shape index (κ1) is 13.8. The van der Waals surface area contributed by atoms with Gasteiger partial charge in [0.25, 0.3) is 0 Å². The van der Waals surface area contributed by atoms with Crippen LogP contribution in [0.25, 0.3) is 5.65 Å². The Morgan fingerprint density at radius 3 is 2.96 bits per heavy atom. The lowest BCUT2D eigenvalue weighted by molar-refractivity contribution is 1.05. The summed E-state index contributed by atoms with van der Waals surface area (Å²) in [5, 5.41) is 10.7. The van der Waals surface area contributed by atoms with E-state index in [-0.39, 0.29) is 0 Å². The summed E-state index contributed by atoms with van der Waals surface area (Å²) in [6.45, 7) is 0.574. The first-order valence-corrected chi connectivity index (χ1v) is 7.71. The van der Waals surface area contributed by atoms with Crippen molar-refractivity contribution >= 4 is 23.4 Å². The van der Waals surface area contributed by atoms with Gasteiger partial charge in [-0.3, -0.25) is 0 Å². The van der Waals surface area contributed by atoms with Crippen molar-refractivity contribution in [2.24, 2.45) is 0 Å². The van der Waals surface area contributed by atoms with Crippen LogP contribution < -0.4 is 11.1 Å². The number of nitrogens with zero attached hydrogens (tertiary/aromatic N) is 3. The van der Waals surface area contributed by atoms with E-state index in [1.54, 1.807) is 6.20 Å². The molecule has 0 unspecified atom stereocenters. The molecule has 1 fully saturated rings. The molecule has 3 aromatic heterocycles. The lowest BCUT2D eigenvalue weighted by Crippen LogP contribution is -2.05. The fourth-order valence-electron chi connectivity index (χ4n) is 2.79. The molecule has 1 aliphatic rings. The number of hydrogen-bond acceptors (Lipinski definition) is 5. The maximum Gasteiger partial charge on any atom is 0.137 e. The minimum Gasteiger partial charge on any atom is -0.383 e. The van der Waals surface area contributed by atoms with Gasteiger partial charge in [-0.1, -0.05) is 6.07 Å². The molecule has 0 aromatic carbocycles. The van der Waals surface area contributed by atoms with Crippen molar-refractivity contribution in [1.29, 1.82) is 5.41 Å². The maximum atomic E-state index is 7.46. The van der Waals surface area contributed by atoms with Crippen LogP contribution in [0.4, 0.5) is 11.5 Å². The fourth-order valence-corrected chi connectivity index (χ4v) is 2.79. The van der Waals surface area contributed by atoms with Crippen molar-refractivity contribution in [2.45, 2.75) is 25.3 Å². The highest BCUT2D eigenvalue weighted by atomic mass is 15.0. The van der Waals surface area contributed by atoms with E-state index in [0.29, 0.717) is 17.9 Å². The first-order chi connectivity index (χ1) is 11.2. The van der Waals surface area contributed by atoms with E-state index >= 15 is 0 Å². The molecule has 23 heavy (non-hydrogen) atoms. The molecule has 0 spiro atoms. The van der Waals surface area contributed by atoms with Crippen molar-refractivity contribution in [3.05, 3.63) is 53.6 Å². The van der Waals surface area contributed by atoms with E-state index < -0.39 is 0 Å². The van der Waals surface area contributed by atoms with Gasteiger partial charge in [0.2, 0.25) is 0 Å². The summed E-state index contributed by atoms with van der Waals surface area (Å²) in [7, 11) is 0. The SMILES string of the molecule is N=Cc1c(NCc2cn3cc(C4CC4)ccc3n2)ccnc1N. The predicted molar refractivity (Wildman–Crippen MR) is 91.0 cm³/mol. The Hall–Kier alpha value is -2.89. The Morgan fingerprint density at radius 1 is 1.30 bits per heavy atom.